The molecular formula is C23H28N4O7. The number of unbranched alkanes of at least 4 members (excludes halogenated alkanes) is 1. The molecule has 0 aliphatic rings. The maximum atomic E-state index is 12.3. The second-order valence-corrected chi connectivity index (χ2v) is 7.42. The molecule has 0 fully saturated rings. The van der Waals surface area contributed by atoms with Crippen LogP contribution in [0.3, 0.4) is 0 Å². The van der Waals surface area contributed by atoms with Crippen molar-refractivity contribution in [1.82, 2.24) is 19.1 Å². The number of hydrogen-bond acceptors (Lipinski definition) is 8. The van der Waals surface area contributed by atoms with E-state index < -0.39 is 17.2 Å². The Kier molecular flexibility index (Phi) is 7.77. The Labute approximate surface area is 195 Å². The molecule has 0 radical (unpaired) electrons. The predicted octanol–water partition coefficient (Wildman–Crippen LogP) is 2.01. The van der Waals surface area contributed by atoms with Crippen LogP contribution in [0.15, 0.2) is 27.8 Å². The van der Waals surface area contributed by atoms with E-state index in [-0.39, 0.29) is 17.8 Å². The zero-order valence-electron chi connectivity index (χ0n) is 19.8. The van der Waals surface area contributed by atoms with E-state index in [1.54, 1.807) is 25.3 Å². The highest BCUT2D eigenvalue weighted by molar-refractivity contribution is 5.87. The Bertz CT molecular complexity index is 1310. The molecule has 0 atom stereocenters. The van der Waals surface area contributed by atoms with Crippen LogP contribution in [-0.2, 0) is 29.7 Å². The smallest absolute Gasteiger partial charge is 0.331 e. The van der Waals surface area contributed by atoms with Gasteiger partial charge in [0.2, 0.25) is 5.75 Å². The number of methoxy groups -OCH3 is 3. The van der Waals surface area contributed by atoms with Crippen molar-refractivity contribution in [3.63, 3.8) is 0 Å². The Morgan fingerprint density at radius 2 is 1.79 bits per heavy atom. The number of hydrogen-bond donors (Lipinski definition) is 1. The molecule has 182 valence electrons. The molecule has 0 amide bonds. The summed E-state index contributed by atoms with van der Waals surface area (Å²) in [6, 6.07) is 3.39. The number of esters is 1. The molecule has 0 bridgehead atoms. The van der Waals surface area contributed by atoms with Crippen LogP contribution in [0, 0.1) is 0 Å². The summed E-state index contributed by atoms with van der Waals surface area (Å²) >= 11 is 0. The van der Waals surface area contributed by atoms with Gasteiger partial charge in [-0.05, 0) is 30.2 Å². The largest absolute Gasteiger partial charge is 0.493 e. The Hall–Kier alpha value is -4.02. The third-order valence-electron chi connectivity index (χ3n) is 5.28. The molecule has 0 saturated heterocycles. The van der Waals surface area contributed by atoms with Gasteiger partial charge in [0.1, 0.15) is 12.4 Å². The molecule has 11 nitrogen and oxygen atoms in total. The number of rotatable bonds is 10. The molecular weight excluding hydrogens is 444 g/mol. The van der Waals surface area contributed by atoms with E-state index in [4.69, 9.17) is 18.9 Å². The van der Waals surface area contributed by atoms with Crippen molar-refractivity contribution < 1.29 is 23.7 Å². The molecule has 0 spiro atoms. The van der Waals surface area contributed by atoms with Gasteiger partial charge in [-0.25, -0.2) is 14.6 Å². The number of carbonyl (C=O) groups is 1. The van der Waals surface area contributed by atoms with Crippen molar-refractivity contribution in [2.24, 2.45) is 7.05 Å². The zero-order valence-corrected chi connectivity index (χ0v) is 19.8. The van der Waals surface area contributed by atoms with Crippen LogP contribution >= 0.6 is 0 Å². The SMILES string of the molecule is CCCCn1c(=O)[nH]c(=O)c2c1nc(COC(=O)/C=C/c1cc(OC)c(OC)c(OC)c1)n2C. The van der Waals surface area contributed by atoms with Gasteiger partial charge in [0.25, 0.3) is 5.56 Å². The highest BCUT2D eigenvalue weighted by Crippen LogP contribution is 2.38. The number of nitrogens with zero attached hydrogens (tertiary/aromatic N) is 3. The van der Waals surface area contributed by atoms with Crippen molar-refractivity contribution in [3.05, 3.63) is 50.4 Å². The van der Waals surface area contributed by atoms with Crippen LogP contribution < -0.4 is 25.5 Å². The number of aryl methyl sites for hydroxylation is 2. The normalized spacial score (nSPS) is 11.2. The second kappa shape index (κ2) is 10.7. The molecule has 2 aromatic heterocycles. The van der Waals surface area contributed by atoms with E-state index in [1.165, 1.54) is 36.5 Å². The van der Waals surface area contributed by atoms with E-state index in [0.717, 1.165) is 12.8 Å². The number of H-pyrrole nitrogens is 1. The lowest BCUT2D eigenvalue weighted by molar-refractivity contribution is -0.139. The van der Waals surface area contributed by atoms with E-state index in [2.05, 4.69) is 9.97 Å². The topological polar surface area (TPSA) is 127 Å². The van der Waals surface area contributed by atoms with Crippen LogP contribution in [0.25, 0.3) is 17.2 Å². The van der Waals surface area contributed by atoms with Crippen molar-refractivity contribution >= 4 is 23.2 Å². The van der Waals surface area contributed by atoms with Crippen molar-refractivity contribution in [3.8, 4) is 17.2 Å². The number of nitrogens with one attached hydrogen (secondary N) is 1. The number of imidazole rings is 1. The molecule has 2 heterocycles. The number of carbonyl (C=O) groups excluding carboxylic acids is 1. The fraction of sp³-hybridized carbons (Fsp3) is 0.391. The van der Waals surface area contributed by atoms with Crippen LogP contribution in [0.2, 0.25) is 0 Å². The zero-order chi connectivity index (χ0) is 24.8. The summed E-state index contributed by atoms with van der Waals surface area (Å²) in [5.74, 6) is 1.07. The molecule has 11 heteroatoms. The molecule has 0 aliphatic carbocycles. The number of fused-ring (bicyclic) bond motifs is 1. The summed E-state index contributed by atoms with van der Waals surface area (Å²) in [6.07, 6.45) is 4.44. The van der Waals surface area contributed by atoms with Gasteiger partial charge in [-0.1, -0.05) is 13.3 Å². The minimum Gasteiger partial charge on any atom is -0.493 e. The third kappa shape index (κ3) is 4.98. The number of aromatic nitrogens is 4. The first-order valence-corrected chi connectivity index (χ1v) is 10.7. The van der Waals surface area contributed by atoms with Crippen LogP contribution in [0.5, 0.6) is 17.2 Å². The summed E-state index contributed by atoms with van der Waals surface area (Å²) in [6.45, 7) is 2.25. The molecule has 3 rings (SSSR count). The minimum atomic E-state index is -0.613. The van der Waals surface area contributed by atoms with Gasteiger partial charge in [-0.2, -0.15) is 0 Å². The standard InChI is InChI=1S/C23H28N4O7/c1-6-7-10-27-21-19(22(29)25-23(27)30)26(2)17(24-21)13-34-18(28)9-8-14-11-15(31-3)20(33-5)16(12-14)32-4/h8-9,11-12H,6-7,10,13H2,1-5H3,(H,25,29,30)/b9-8+. The van der Waals surface area contributed by atoms with Gasteiger partial charge >= 0.3 is 11.7 Å². The van der Waals surface area contributed by atoms with E-state index in [9.17, 15) is 14.4 Å². The lowest BCUT2D eigenvalue weighted by Crippen LogP contribution is -2.31. The molecule has 34 heavy (non-hydrogen) atoms. The molecule has 3 aromatic rings. The third-order valence-corrected chi connectivity index (χ3v) is 5.28. The summed E-state index contributed by atoms with van der Waals surface area (Å²) in [4.78, 5) is 43.6. The van der Waals surface area contributed by atoms with Crippen LogP contribution in [-0.4, -0.2) is 46.4 Å². The molecule has 0 unspecified atom stereocenters. The summed E-state index contributed by atoms with van der Waals surface area (Å²) < 4.78 is 24.2. The van der Waals surface area contributed by atoms with Gasteiger partial charge in [-0.15, -0.1) is 0 Å². The Morgan fingerprint density at radius 1 is 1.12 bits per heavy atom. The monoisotopic (exact) mass is 472 g/mol. The van der Waals surface area contributed by atoms with Crippen molar-refractivity contribution in [2.45, 2.75) is 32.9 Å². The first kappa shape index (κ1) is 24.6. The van der Waals surface area contributed by atoms with Crippen molar-refractivity contribution in [2.75, 3.05) is 21.3 Å². The number of ether oxygens (including phenoxy) is 4. The Morgan fingerprint density at radius 3 is 2.38 bits per heavy atom. The molecule has 1 aromatic carbocycles. The fourth-order valence-corrected chi connectivity index (χ4v) is 3.49. The van der Waals surface area contributed by atoms with Gasteiger partial charge in [0, 0.05) is 19.7 Å². The fourth-order valence-electron chi connectivity index (χ4n) is 3.49. The maximum Gasteiger partial charge on any atom is 0.331 e. The van der Waals surface area contributed by atoms with Gasteiger partial charge in [0.15, 0.2) is 22.7 Å². The first-order valence-electron chi connectivity index (χ1n) is 10.7. The average molecular weight is 472 g/mol. The first-order chi connectivity index (χ1) is 16.3. The minimum absolute atomic E-state index is 0.176. The van der Waals surface area contributed by atoms with Crippen LogP contribution in [0.4, 0.5) is 0 Å². The lowest BCUT2D eigenvalue weighted by atomic mass is 10.1. The summed E-state index contributed by atoms with van der Waals surface area (Å²) in [7, 11) is 6.14. The molecule has 0 aliphatic heterocycles. The number of aromatic amines is 1. The number of benzene rings is 1. The van der Waals surface area contributed by atoms with Crippen LogP contribution in [0.1, 0.15) is 31.2 Å². The van der Waals surface area contributed by atoms with Gasteiger partial charge in [0.05, 0.1) is 21.3 Å². The lowest BCUT2D eigenvalue weighted by Gasteiger charge is -2.12. The Balaban J connectivity index is 1.80. The predicted molar refractivity (Wildman–Crippen MR) is 125 cm³/mol. The summed E-state index contributed by atoms with van der Waals surface area (Å²) in [5, 5.41) is 0. The highest BCUT2D eigenvalue weighted by atomic mass is 16.5. The van der Waals surface area contributed by atoms with E-state index >= 15 is 0 Å². The highest BCUT2D eigenvalue weighted by Gasteiger charge is 2.17. The quantitative estimate of drug-likeness (QED) is 0.351. The summed E-state index contributed by atoms with van der Waals surface area (Å²) in [5.41, 5.74) is 0.0996. The molecule has 0 saturated carbocycles. The second-order valence-electron chi connectivity index (χ2n) is 7.42. The average Bonchev–Trinajstić information content (AvgIpc) is 3.16. The van der Waals surface area contributed by atoms with Crippen molar-refractivity contribution in [1.29, 1.82) is 0 Å². The van der Waals surface area contributed by atoms with E-state index in [1.807, 2.05) is 6.92 Å². The van der Waals surface area contributed by atoms with Gasteiger partial charge in [-0.3, -0.25) is 14.3 Å². The van der Waals surface area contributed by atoms with Gasteiger partial charge < -0.3 is 23.5 Å². The molecule has 1 N–H and O–H groups in total. The maximum absolute atomic E-state index is 12.3. The van der Waals surface area contributed by atoms with E-state index in [0.29, 0.717) is 35.2 Å².